The van der Waals surface area contributed by atoms with Gasteiger partial charge in [0.1, 0.15) is 6.61 Å². The summed E-state index contributed by atoms with van der Waals surface area (Å²) < 4.78 is 5.18. The number of aromatic carboxylic acids is 1. The first-order valence-electron chi connectivity index (χ1n) is 4.86. The van der Waals surface area contributed by atoms with Gasteiger partial charge in [0.25, 0.3) is 0 Å². The Labute approximate surface area is 108 Å². The first kappa shape index (κ1) is 14.0. The van der Waals surface area contributed by atoms with Gasteiger partial charge in [-0.1, -0.05) is 11.6 Å². The lowest BCUT2D eigenvalue weighted by molar-refractivity contribution is -0.385. The van der Waals surface area contributed by atoms with E-state index in [-0.39, 0.29) is 23.6 Å². The van der Waals surface area contributed by atoms with Crippen molar-refractivity contribution < 1.29 is 19.6 Å². The fourth-order valence-electron chi connectivity index (χ4n) is 1.14. The summed E-state index contributed by atoms with van der Waals surface area (Å²) in [6.45, 7) is 1.73. The monoisotopic (exact) mass is 271 g/mol. The van der Waals surface area contributed by atoms with Crippen molar-refractivity contribution in [3.8, 4) is 5.75 Å². The molecule has 6 nitrogen and oxygen atoms in total. The molecule has 96 valence electrons. The summed E-state index contributed by atoms with van der Waals surface area (Å²) in [4.78, 5) is 20.9. The van der Waals surface area contributed by atoms with Crippen molar-refractivity contribution in [3.63, 3.8) is 0 Å². The molecule has 0 amide bonds. The second-order valence-electron chi connectivity index (χ2n) is 3.49. The van der Waals surface area contributed by atoms with E-state index in [0.29, 0.717) is 5.57 Å². The molecular weight excluding hydrogens is 262 g/mol. The van der Waals surface area contributed by atoms with Crippen LogP contribution in [0.4, 0.5) is 5.69 Å². The van der Waals surface area contributed by atoms with Crippen molar-refractivity contribution in [1.29, 1.82) is 0 Å². The standard InChI is InChI=1S/C11H10ClNO5/c1-7(5-12)6-18-10-4-8(11(14)15)2-3-9(10)13(16)17/h2-5H,6H2,1H3,(H,14,15)/b7-5-. The number of carbonyl (C=O) groups is 1. The van der Waals surface area contributed by atoms with Crippen molar-refractivity contribution in [1.82, 2.24) is 0 Å². The molecule has 0 heterocycles. The van der Waals surface area contributed by atoms with Crippen LogP contribution in [-0.4, -0.2) is 22.6 Å². The summed E-state index contributed by atoms with van der Waals surface area (Å²) in [5, 5.41) is 19.6. The molecule has 0 saturated heterocycles. The number of hydrogen-bond donors (Lipinski definition) is 1. The predicted molar refractivity (Wildman–Crippen MR) is 65.2 cm³/mol. The Morgan fingerprint density at radius 3 is 2.78 bits per heavy atom. The lowest BCUT2D eigenvalue weighted by Gasteiger charge is -2.07. The van der Waals surface area contributed by atoms with E-state index in [1.165, 1.54) is 5.54 Å². The number of ether oxygens (including phenoxy) is 1. The highest BCUT2D eigenvalue weighted by molar-refractivity contribution is 6.25. The van der Waals surface area contributed by atoms with Crippen LogP contribution < -0.4 is 4.74 Å². The Bertz CT molecular complexity index is 512. The first-order chi connectivity index (χ1) is 8.45. The second kappa shape index (κ2) is 6.02. The van der Waals surface area contributed by atoms with E-state index in [1.807, 2.05) is 0 Å². The van der Waals surface area contributed by atoms with Gasteiger partial charge in [0.05, 0.1) is 10.5 Å². The third-order valence-corrected chi connectivity index (χ3v) is 2.42. The Morgan fingerprint density at radius 1 is 1.61 bits per heavy atom. The summed E-state index contributed by atoms with van der Waals surface area (Å²) in [5.41, 5.74) is 1.57. The lowest BCUT2D eigenvalue weighted by Crippen LogP contribution is -2.04. The fraction of sp³-hybridized carbons (Fsp3) is 0.182. The summed E-state index contributed by atoms with van der Waals surface area (Å²) in [6.07, 6.45) is 0. The molecule has 0 aromatic heterocycles. The van der Waals surface area contributed by atoms with E-state index in [9.17, 15) is 14.9 Å². The number of halogens is 1. The number of nitro groups is 1. The van der Waals surface area contributed by atoms with E-state index >= 15 is 0 Å². The summed E-state index contributed by atoms with van der Waals surface area (Å²) in [7, 11) is 0. The SMILES string of the molecule is C/C(=C/Cl)COc1cc(C(=O)O)ccc1[N+](=O)[O-]. The summed E-state index contributed by atoms with van der Waals surface area (Å²) in [5.74, 6) is -1.28. The number of rotatable bonds is 5. The van der Waals surface area contributed by atoms with Gasteiger partial charge in [0, 0.05) is 17.7 Å². The van der Waals surface area contributed by atoms with Crippen LogP contribution in [0.2, 0.25) is 0 Å². The predicted octanol–water partition coefficient (Wildman–Crippen LogP) is 2.81. The van der Waals surface area contributed by atoms with Gasteiger partial charge in [-0.05, 0) is 18.6 Å². The topological polar surface area (TPSA) is 89.7 Å². The fourth-order valence-corrected chi connectivity index (χ4v) is 1.20. The van der Waals surface area contributed by atoms with E-state index in [4.69, 9.17) is 21.4 Å². The summed E-state index contributed by atoms with van der Waals surface area (Å²) in [6, 6.07) is 3.36. The van der Waals surface area contributed by atoms with Crippen LogP contribution in [0.3, 0.4) is 0 Å². The molecule has 0 aliphatic carbocycles. The van der Waals surface area contributed by atoms with Crippen LogP contribution in [0.15, 0.2) is 29.3 Å². The van der Waals surface area contributed by atoms with Gasteiger partial charge in [0.15, 0.2) is 5.75 Å². The average molecular weight is 272 g/mol. The lowest BCUT2D eigenvalue weighted by atomic mass is 10.2. The molecule has 0 atom stereocenters. The number of hydrogen-bond acceptors (Lipinski definition) is 4. The van der Waals surface area contributed by atoms with Gasteiger partial charge in [-0.3, -0.25) is 10.1 Å². The molecule has 1 rings (SSSR count). The number of benzene rings is 1. The zero-order valence-electron chi connectivity index (χ0n) is 9.42. The molecule has 1 aromatic rings. The maximum absolute atomic E-state index is 10.8. The van der Waals surface area contributed by atoms with Gasteiger partial charge in [-0.2, -0.15) is 0 Å². The van der Waals surface area contributed by atoms with Crippen LogP contribution in [0.1, 0.15) is 17.3 Å². The van der Waals surface area contributed by atoms with Crippen LogP contribution >= 0.6 is 11.6 Å². The van der Waals surface area contributed by atoms with Gasteiger partial charge < -0.3 is 9.84 Å². The second-order valence-corrected chi connectivity index (χ2v) is 3.71. The maximum Gasteiger partial charge on any atom is 0.335 e. The molecule has 1 aromatic carbocycles. The minimum Gasteiger partial charge on any atom is -0.482 e. The maximum atomic E-state index is 10.8. The molecule has 7 heteroatoms. The zero-order chi connectivity index (χ0) is 13.7. The number of carboxylic acid groups (broad SMARTS) is 1. The minimum atomic E-state index is -1.18. The minimum absolute atomic E-state index is 0.0490. The van der Waals surface area contributed by atoms with Crippen LogP contribution in [0, 0.1) is 10.1 Å². The number of nitro benzene ring substituents is 1. The molecule has 1 N–H and O–H groups in total. The van der Waals surface area contributed by atoms with Crippen molar-refractivity contribution >= 4 is 23.3 Å². The molecule has 0 fully saturated rings. The number of nitrogens with zero attached hydrogens (tertiary/aromatic N) is 1. The quantitative estimate of drug-likeness (QED) is 0.657. The molecule has 0 aliphatic heterocycles. The van der Waals surface area contributed by atoms with Crippen molar-refractivity contribution in [2.75, 3.05) is 6.61 Å². The van der Waals surface area contributed by atoms with Crippen molar-refractivity contribution in [3.05, 3.63) is 45.0 Å². The molecule has 0 radical (unpaired) electrons. The molecule has 0 spiro atoms. The van der Waals surface area contributed by atoms with Gasteiger partial charge in [-0.25, -0.2) is 4.79 Å². The smallest absolute Gasteiger partial charge is 0.335 e. The van der Waals surface area contributed by atoms with Crippen LogP contribution in [-0.2, 0) is 0 Å². The molecular formula is C11H10ClNO5. The van der Waals surface area contributed by atoms with Gasteiger partial charge in [0.2, 0.25) is 0 Å². The highest BCUT2D eigenvalue weighted by Gasteiger charge is 2.17. The Morgan fingerprint density at radius 2 is 2.28 bits per heavy atom. The van der Waals surface area contributed by atoms with E-state index in [2.05, 4.69) is 0 Å². The molecule has 0 aliphatic rings. The molecule has 0 bridgehead atoms. The van der Waals surface area contributed by atoms with E-state index in [0.717, 1.165) is 18.2 Å². The van der Waals surface area contributed by atoms with Crippen molar-refractivity contribution in [2.45, 2.75) is 6.92 Å². The highest BCUT2D eigenvalue weighted by Crippen LogP contribution is 2.28. The molecule has 0 saturated carbocycles. The third-order valence-electron chi connectivity index (χ3n) is 2.05. The Hall–Kier alpha value is -2.08. The first-order valence-corrected chi connectivity index (χ1v) is 5.29. The van der Waals surface area contributed by atoms with E-state index in [1.54, 1.807) is 6.92 Å². The zero-order valence-corrected chi connectivity index (χ0v) is 10.2. The Kier molecular flexibility index (Phi) is 4.67. The average Bonchev–Trinajstić information content (AvgIpc) is 2.35. The van der Waals surface area contributed by atoms with Gasteiger partial charge in [-0.15, -0.1) is 0 Å². The van der Waals surface area contributed by atoms with Crippen LogP contribution in [0.5, 0.6) is 5.75 Å². The summed E-state index contributed by atoms with van der Waals surface area (Å²) >= 11 is 5.43. The van der Waals surface area contributed by atoms with E-state index < -0.39 is 10.9 Å². The van der Waals surface area contributed by atoms with Crippen LogP contribution in [0.25, 0.3) is 0 Å². The number of carboxylic acids is 1. The normalized spacial score (nSPS) is 11.1. The largest absolute Gasteiger partial charge is 0.482 e. The third kappa shape index (κ3) is 3.46. The highest BCUT2D eigenvalue weighted by atomic mass is 35.5. The molecule has 18 heavy (non-hydrogen) atoms. The van der Waals surface area contributed by atoms with Crippen molar-refractivity contribution in [2.24, 2.45) is 0 Å². The molecule has 0 unspecified atom stereocenters. The van der Waals surface area contributed by atoms with Gasteiger partial charge >= 0.3 is 11.7 Å². The Balaban J connectivity index is 3.07.